The number of hydrogen-bond acceptors (Lipinski definition) is 4. The van der Waals surface area contributed by atoms with E-state index in [1.807, 2.05) is 12.1 Å². The lowest BCUT2D eigenvalue weighted by Gasteiger charge is -2.02. The third kappa shape index (κ3) is 2.16. The lowest BCUT2D eigenvalue weighted by molar-refractivity contribution is 0.398. The Morgan fingerprint density at radius 3 is 2.44 bits per heavy atom. The first-order chi connectivity index (χ1) is 7.83. The zero-order chi connectivity index (χ0) is 11.4. The molecular formula is C12H13N3O. The highest BCUT2D eigenvalue weighted by atomic mass is 16.5. The summed E-state index contributed by atoms with van der Waals surface area (Å²) in [4.78, 5) is 12.8. The molecule has 2 heterocycles. The minimum atomic E-state index is 0.599. The van der Waals surface area contributed by atoms with Gasteiger partial charge >= 0.3 is 0 Å². The van der Waals surface area contributed by atoms with Crippen molar-refractivity contribution in [3.63, 3.8) is 0 Å². The highest BCUT2D eigenvalue weighted by Crippen LogP contribution is 2.17. The van der Waals surface area contributed by atoms with Gasteiger partial charge in [-0.2, -0.15) is 0 Å². The molecule has 2 aromatic rings. The van der Waals surface area contributed by atoms with E-state index in [9.17, 15) is 0 Å². The van der Waals surface area contributed by atoms with Crippen molar-refractivity contribution in [2.75, 3.05) is 7.11 Å². The van der Waals surface area contributed by atoms with E-state index in [1.54, 1.807) is 25.7 Å². The molecule has 0 spiro atoms. The fourth-order valence-corrected chi connectivity index (χ4v) is 1.34. The van der Waals surface area contributed by atoms with Crippen LogP contribution in [-0.4, -0.2) is 22.1 Å². The van der Waals surface area contributed by atoms with Gasteiger partial charge in [0.1, 0.15) is 0 Å². The monoisotopic (exact) mass is 215 g/mol. The van der Waals surface area contributed by atoms with Crippen LogP contribution in [0.2, 0.25) is 0 Å². The molecule has 4 nitrogen and oxygen atoms in total. The normalized spacial score (nSPS) is 10.1. The molecule has 0 bridgehead atoms. The SMILES string of the molecule is CCc1cnc(-c2ccc(OC)nc2)cn1. The molecule has 0 atom stereocenters. The van der Waals surface area contributed by atoms with Crippen molar-refractivity contribution in [1.82, 2.24) is 15.0 Å². The molecular weight excluding hydrogens is 202 g/mol. The van der Waals surface area contributed by atoms with Crippen LogP contribution in [0.15, 0.2) is 30.7 Å². The van der Waals surface area contributed by atoms with Crippen molar-refractivity contribution in [1.29, 1.82) is 0 Å². The molecule has 0 fully saturated rings. The molecule has 0 aliphatic heterocycles. The maximum absolute atomic E-state index is 4.99. The average molecular weight is 215 g/mol. The second-order valence-corrected chi connectivity index (χ2v) is 3.34. The zero-order valence-corrected chi connectivity index (χ0v) is 9.34. The number of rotatable bonds is 3. The fourth-order valence-electron chi connectivity index (χ4n) is 1.34. The van der Waals surface area contributed by atoms with Crippen LogP contribution in [0.3, 0.4) is 0 Å². The van der Waals surface area contributed by atoms with Crippen LogP contribution < -0.4 is 4.74 Å². The lowest BCUT2D eigenvalue weighted by atomic mass is 10.2. The van der Waals surface area contributed by atoms with Crippen LogP contribution in [-0.2, 0) is 6.42 Å². The highest BCUT2D eigenvalue weighted by Gasteiger charge is 2.01. The summed E-state index contributed by atoms with van der Waals surface area (Å²) in [6.45, 7) is 2.05. The molecule has 0 aromatic carbocycles. The minimum Gasteiger partial charge on any atom is -0.481 e. The van der Waals surface area contributed by atoms with Crippen molar-refractivity contribution in [2.24, 2.45) is 0 Å². The standard InChI is InChI=1S/C12H13N3O/c1-3-10-7-14-11(8-13-10)9-4-5-12(16-2)15-6-9/h4-8H,3H2,1-2H3. The molecule has 0 aliphatic rings. The number of pyridine rings is 1. The maximum atomic E-state index is 4.99. The number of nitrogens with zero attached hydrogens (tertiary/aromatic N) is 3. The van der Waals surface area contributed by atoms with Gasteiger partial charge in [0, 0.05) is 24.0 Å². The summed E-state index contributed by atoms with van der Waals surface area (Å²) in [7, 11) is 1.60. The van der Waals surface area contributed by atoms with Crippen molar-refractivity contribution in [3.05, 3.63) is 36.4 Å². The van der Waals surface area contributed by atoms with Crippen molar-refractivity contribution < 1.29 is 4.74 Å². The number of aromatic nitrogens is 3. The Kier molecular flexibility index (Phi) is 3.10. The molecule has 0 saturated heterocycles. The summed E-state index contributed by atoms with van der Waals surface area (Å²) >= 11 is 0. The van der Waals surface area contributed by atoms with E-state index in [1.165, 1.54) is 0 Å². The van der Waals surface area contributed by atoms with Gasteiger partial charge in [0.25, 0.3) is 0 Å². The third-order valence-electron chi connectivity index (χ3n) is 2.31. The van der Waals surface area contributed by atoms with Gasteiger partial charge in [-0.05, 0) is 12.5 Å². The largest absolute Gasteiger partial charge is 0.481 e. The second-order valence-electron chi connectivity index (χ2n) is 3.34. The summed E-state index contributed by atoms with van der Waals surface area (Å²) in [5.74, 6) is 0.599. The van der Waals surface area contributed by atoms with Crippen LogP contribution >= 0.6 is 0 Å². The van der Waals surface area contributed by atoms with E-state index in [2.05, 4.69) is 21.9 Å². The van der Waals surface area contributed by atoms with Gasteiger partial charge in [-0.25, -0.2) is 4.98 Å². The Hall–Kier alpha value is -1.97. The van der Waals surface area contributed by atoms with E-state index in [-0.39, 0.29) is 0 Å². The molecule has 0 saturated carbocycles. The number of aryl methyl sites for hydroxylation is 1. The highest BCUT2D eigenvalue weighted by molar-refractivity contribution is 5.56. The molecule has 0 radical (unpaired) electrons. The summed E-state index contributed by atoms with van der Waals surface area (Å²) in [5, 5.41) is 0. The fraction of sp³-hybridized carbons (Fsp3) is 0.250. The lowest BCUT2D eigenvalue weighted by Crippen LogP contribution is -1.92. The smallest absolute Gasteiger partial charge is 0.212 e. The first-order valence-electron chi connectivity index (χ1n) is 5.15. The van der Waals surface area contributed by atoms with Gasteiger partial charge in [0.05, 0.1) is 24.7 Å². The first kappa shape index (κ1) is 10.5. The first-order valence-corrected chi connectivity index (χ1v) is 5.15. The Labute approximate surface area is 94.4 Å². The van der Waals surface area contributed by atoms with Crippen LogP contribution in [0.25, 0.3) is 11.3 Å². The maximum Gasteiger partial charge on any atom is 0.212 e. The zero-order valence-electron chi connectivity index (χ0n) is 9.34. The summed E-state index contributed by atoms with van der Waals surface area (Å²) in [6.07, 6.45) is 6.19. The van der Waals surface area contributed by atoms with E-state index in [0.717, 1.165) is 23.4 Å². The topological polar surface area (TPSA) is 47.9 Å². The Morgan fingerprint density at radius 2 is 1.94 bits per heavy atom. The van der Waals surface area contributed by atoms with E-state index in [4.69, 9.17) is 4.74 Å². The summed E-state index contributed by atoms with van der Waals surface area (Å²) < 4.78 is 4.99. The number of hydrogen-bond donors (Lipinski definition) is 0. The van der Waals surface area contributed by atoms with Gasteiger partial charge < -0.3 is 4.74 Å². The Balaban J connectivity index is 2.28. The molecule has 2 rings (SSSR count). The van der Waals surface area contributed by atoms with Gasteiger partial charge in [-0.1, -0.05) is 6.92 Å². The Morgan fingerprint density at radius 1 is 1.06 bits per heavy atom. The van der Waals surface area contributed by atoms with E-state index >= 15 is 0 Å². The van der Waals surface area contributed by atoms with Crippen molar-refractivity contribution in [3.8, 4) is 17.1 Å². The second kappa shape index (κ2) is 4.70. The summed E-state index contributed by atoms with van der Waals surface area (Å²) in [5.41, 5.74) is 2.76. The molecule has 4 heteroatoms. The predicted molar refractivity (Wildman–Crippen MR) is 61.2 cm³/mol. The average Bonchev–Trinajstić information content (AvgIpc) is 2.39. The van der Waals surface area contributed by atoms with Gasteiger partial charge in [-0.3, -0.25) is 9.97 Å². The van der Waals surface area contributed by atoms with Crippen molar-refractivity contribution in [2.45, 2.75) is 13.3 Å². The molecule has 82 valence electrons. The third-order valence-corrected chi connectivity index (χ3v) is 2.31. The van der Waals surface area contributed by atoms with Gasteiger partial charge in [0.15, 0.2) is 0 Å². The molecule has 2 aromatic heterocycles. The number of methoxy groups -OCH3 is 1. The van der Waals surface area contributed by atoms with Gasteiger partial charge in [-0.15, -0.1) is 0 Å². The molecule has 0 N–H and O–H groups in total. The van der Waals surface area contributed by atoms with E-state index in [0.29, 0.717) is 5.88 Å². The Bertz CT molecular complexity index is 405. The molecule has 0 amide bonds. The molecule has 16 heavy (non-hydrogen) atoms. The van der Waals surface area contributed by atoms with Crippen LogP contribution in [0.4, 0.5) is 0 Å². The van der Waals surface area contributed by atoms with Gasteiger partial charge in [0.2, 0.25) is 5.88 Å². The molecule has 0 unspecified atom stereocenters. The number of ether oxygens (including phenoxy) is 1. The molecule has 0 aliphatic carbocycles. The van der Waals surface area contributed by atoms with Crippen molar-refractivity contribution >= 4 is 0 Å². The van der Waals surface area contributed by atoms with Crippen LogP contribution in [0, 0.1) is 0 Å². The predicted octanol–water partition coefficient (Wildman–Crippen LogP) is 2.11. The minimum absolute atomic E-state index is 0.599. The quantitative estimate of drug-likeness (QED) is 0.786. The van der Waals surface area contributed by atoms with Crippen LogP contribution in [0.5, 0.6) is 5.88 Å². The van der Waals surface area contributed by atoms with Crippen LogP contribution in [0.1, 0.15) is 12.6 Å². The van der Waals surface area contributed by atoms with E-state index < -0.39 is 0 Å². The summed E-state index contributed by atoms with van der Waals surface area (Å²) in [6, 6.07) is 3.73.